The fourth-order valence-electron chi connectivity index (χ4n) is 1.62. The van der Waals surface area contributed by atoms with Gasteiger partial charge in [0.25, 0.3) is 0 Å². The van der Waals surface area contributed by atoms with Crippen molar-refractivity contribution >= 4 is 17.5 Å². The van der Waals surface area contributed by atoms with Crippen LogP contribution in [0.2, 0.25) is 0 Å². The first-order valence-corrected chi connectivity index (χ1v) is 6.11. The molecule has 3 nitrogen and oxygen atoms in total. The van der Waals surface area contributed by atoms with Crippen molar-refractivity contribution < 1.29 is 5.11 Å². The third-order valence-corrected chi connectivity index (χ3v) is 3.35. The lowest BCUT2D eigenvalue weighted by molar-refractivity contribution is 0.472. The third kappa shape index (κ3) is 2.52. The largest absolute Gasteiger partial charge is 0.506 e. The molecule has 0 radical (unpaired) electrons. The van der Waals surface area contributed by atoms with E-state index in [-0.39, 0.29) is 5.75 Å². The third-order valence-electron chi connectivity index (χ3n) is 2.51. The number of pyridine rings is 1. The van der Waals surface area contributed by atoms with Crippen LogP contribution in [0.3, 0.4) is 0 Å². The minimum Gasteiger partial charge on any atom is -0.506 e. The highest BCUT2D eigenvalue weighted by Gasteiger charge is 2.12. The highest BCUT2D eigenvalue weighted by Crippen LogP contribution is 2.23. The second-order valence-electron chi connectivity index (χ2n) is 3.45. The van der Waals surface area contributed by atoms with Crippen molar-refractivity contribution in [2.75, 3.05) is 19.3 Å². The predicted molar refractivity (Wildman–Crippen MR) is 63.6 cm³/mol. The number of hydrogen-bond acceptors (Lipinski definition) is 4. The number of rotatable bonds is 2. The number of hydrogen-bond donors (Lipinski definition) is 1. The van der Waals surface area contributed by atoms with Crippen molar-refractivity contribution in [3.8, 4) is 5.75 Å². The zero-order chi connectivity index (χ0) is 10.7. The van der Waals surface area contributed by atoms with E-state index in [9.17, 15) is 0 Å². The summed E-state index contributed by atoms with van der Waals surface area (Å²) in [6.07, 6.45) is 6.83. The average molecular weight is 222 g/mol. The minimum absolute atomic E-state index is 0.223. The second kappa shape index (κ2) is 4.68. The van der Waals surface area contributed by atoms with Gasteiger partial charge in [0.05, 0.1) is 11.9 Å². The first-order valence-electron chi connectivity index (χ1n) is 4.93. The molecule has 2 heterocycles. The predicted octanol–water partition coefficient (Wildman–Crippen LogP) is 2.15. The van der Waals surface area contributed by atoms with Gasteiger partial charge in [-0.1, -0.05) is 18.0 Å². The quantitative estimate of drug-likeness (QED) is 0.778. The van der Waals surface area contributed by atoms with E-state index in [1.165, 1.54) is 11.8 Å². The summed E-state index contributed by atoms with van der Waals surface area (Å²) in [5, 5.41) is 9.14. The summed E-state index contributed by atoms with van der Waals surface area (Å²) in [5.41, 5.74) is 2.26. The van der Waals surface area contributed by atoms with Crippen molar-refractivity contribution in [2.24, 2.45) is 0 Å². The topological polar surface area (TPSA) is 36.4 Å². The van der Waals surface area contributed by atoms with Gasteiger partial charge in [0.1, 0.15) is 5.75 Å². The Kier molecular flexibility index (Phi) is 3.28. The Morgan fingerprint density at radius 3 is 2.87 bits per heavy atom. The van der Waals surface area contributed by atoms with Gasteiger partial charge in [0.2, 0.25) is 0 Å². The molecule has 0 saturated heterocycles. The average Bonchev–Trinajstić information content (AvgIpc) is 2.30. The van der Waals surface area contributed by atoms with E-state index in [1.54, 1.807) is 18.0 Å². The van der Waals surface area contributed by atoms with E-state index < -0.39 is 0 Å². The van der Waals surface area contributed by atoms with Crippen LogP contribution in [0.1, 0.15) is 12.1 Å². The molecule has 0 unspecified atom stereocenters. The molecule has 2 rings (SSSR count). The van der Waals surface area contributed by atoms with Gasteiger partial charge in [0.15, 0.2) is 0 Å². The van der Waals surface area contributed by atoms with Gasteiger partial charge in [0, 0.05) is 13.1 Å². The SMILES string of the molecule is CSN1CC=C(c2ccc(O)cn2)CC1. The van der Waals surface area contributed by atoms with Crippen LogP contribution in [0.4, 0.5) is 0 Å². The smallest absolute Gasteiger partial charge is 0.133 e. The molecule has 0 atom stereocenters. The molecule has 0 aromatic carbocycles. The molecule has 0 bridgehead atoms. The van der Waals surface area contributed by atoms with E-state index in [0.29, 0.717) is 0 Å². The lowest BCUT2D eigenvalue weighted by Crippen LogP contribution is -2.21. The Bertz CT molecular complexity index is 361. The van der Waals surface area contributed by atoms with Crippen molar-refractivity contribution in [3.05, 3.63) is 30.1 Å². The zero-order valence-corrected chi connectivity index (χ0v) is 9.50. The van der Waals surface area contributed by atoms with Gasteiger partial charge in [-0.05, 0) is 30.4 Å². The normalized spacial score (nSPS) is 17.5. The van der Waals surface area contributed by atoms with Gasteiger partial charge in [-0.15, -0.1) is 0 Å². The molecule has 1 aliphatic heterocycles. The Morgan fingerprint density at radius 2 is 2.33 bits per heavy atom. The van der Waals surface area contributed by atoms with Gasteiger partial charge in [-0.25, -0.2) is 4.31 Å². The molecular weight excluding hydrogens is 208 g/mol. The summed E-state index contributed by atoms with van der Waals surface area (Å²) < 4.78 is 2.31. The fourth-order valence-corrected chi connectivity index (χ4v) is 2.12. The first kappa shape index (κ1) is 10.5. The lowest BCUT2D eigenvalue weighted by atomic mass is 10.1. The Labute approximate surface area is 94.0 Å². The van der Waals surface area contributed by atoms with Crippen LogP contribution < -0.4 is 0 Å². The van der Waals surface area contributed by atoms with Gasteiger partial charge in [-0.3, -0.25) is 4.98 Å². The van der Waals surface area contributed by atoms with Crippen molar-refractivity contribution in [3.63, 3.8) is 0 Å². The van der Waals surface area contributed by atoms with E-state index in [0.717, 1.165) is 25.2 Å². The molecule has 1 aromatic heterocycles. The van der Waals surface area contributed by atoms with Crippen LogP contribution in [0.25, 0.3) is 5.57 Å². The number of nitrogens with zero attached hydrogens (tertiary/aromatic N) is 2. The molecule has 1 aliphatic rings. The summed E-state index contributed by atoms with van der Waals surface area (Å²) >= 11 is 1.77. The van der Waals surface area contributed by atoms with E-state index in [4.69, 9.17) is 5.11 Å². The van der Waals surface area contributed by atoms with Gasteiger partial charge in [-0.2, -0.15) is 0 Å². The monoisotopic (exact) mass is 222 g/mol. The summed E-state index contributed by atoms with van der Waals surface area (Å²) in [6, 6.07) is 3.56. The van der Waals surface area contributed by atoms with E-state index in [2.05, 4.69) is 21.6 Å². The van der Waals surface area contributed by atoms with Crippen LogP contribution in [0.15, 0.2) is 24.4 Å². The molecular formula is C11H14N2OS. The minimum atomic E-state index is 0.223. The molecule has 0 fully saturated rings. The number of aromatic hydroxyl groups is 1. The molecule has 1 aromatic rings. The second-order valence-corrected chi connectivity index (χ2v) is 4.33. The molecule has 80 valence electrons. The van der Waals surface area contributed by atoms with Crippen molar-refractivity contribution in [2.45, 2.75) is 6.42 Å². The van der Waals surface area contributed by atoms with Gasteiger partial charge >= 0.3 is 0 Å². The molecule has 0 amide bonds. The molecule has 0 saturated carbocycles. The van der Waals surface area contributed by atoms with Crippen LogP contribution in [-0.4, -0.2) is 33.7 Å². The molecule has 15 heavy (non-hydrogen) atoms. The van der Waals surface area contributed by atoms with Crippen molar-refractivity contribution in [1.29, 1.82) is 0 Å². The summed E-state index contributed by atoms with van der Waals surface area (Å²) in [6.45, 7) is 2.04. The van der Waals surface area contributed by atoms with Crippen LogP contribution in [0, 0.1) is 0 Å². The molecule has 4 heteroatoms. The fraction of sp³-hybridized carbons (Fsp3) is 0.364. The maximum atomic E-state index is 9.14. The highest BCUT2D eigenvalue weighted by atomic mass is 32.2. The highest BCUT2D eigenvalue weighted by molar-refractivity contribution is 7.96. The lowest BCUT2D eigenvalue weighted by Gasteiger charge is -2.23. The van der Waals surface area contributed by atoms with Crippen molar-refractivity contribution in [1.82, 2.24) is 9.29 Å². The van der Waals surface area contributed by atoms with Crippen LogP contribution in [-0.2, 0) is 0 Å². The molecule has 1 N–H and O–H groups in total. The van der Waals surface area contributed by atoms with E-state index >= 15 is 0 Å². The van der Waals surface area contributed by atoms with Gasteiger partial charge < -0.3 is 5.11 Å². The molecule has 0 spiro atoms. The Hall–Kier alpha value is -1.00. The first-order chi connectivity index (χ1) is 7.29. The summed E-state index contributed by atoms with van der Waals surface area (Å²) in [5.74, 6) is 0.223. The maximum Gasteiger partial charge on any atom is 0.133 e. The van der Waals surface area contributed by atoms with Crippen LogP contribution >= 0.6 is 11.9 Å². The molecule has 0 aliphatic carbocycles. The summed E-state index contributed by atoms with van der Waals surface area (Å²) in [7, 11) is 0. The van der Waals surface area contributed by atoms with E-state index in [1.807, 2.05) is 6.07 Å². The standard InChI is InChI=1S/C11H14N2OS/c1-15-13-6-4-9(5-7-13)11-3-2-10(14)8-12-11/h2-4,8,14H,5-7H2,1H3. The Balaban J connectivity index is 2.12. The number of aromatic nitrogens is 1. The van der Waals surface area contributed by atoms with Crippen LogP contribution in [0.5, 0.6) is 5.75 Å². The summed E-state index contributed by atoms with van der Waals surface area (Å²) in [4.78, 5) is 4.21. The maximum absolute atomic E-state index is 9.14. The Morgan fingerprint density at radius 1 is 1.47 bits per heavy atom. The zero-order valence-electron chi connectivity index (χ0n) is 8.68.